The van der Waals surface area contributed by atoms with Crippen LogP contribution < -0.4 is 5.32 Å². The van der Waals surface area contributed by atoms with Gasteiger partial charge in [0.2, 0.25) is 5.13 Å². The number of sulfonamides is 1. The third-order valence-electron chi connectivity index (χ3n) is 3.09. The van der Waals surface area contributed by atoms with Gasteiger partial charge in [-0.15, -0.1) is 14.6 Å². The van der Waals surface area contributed by atoms with E-state index in [0.29, 0.717) is 5.13 Å². The molecule has 22 heavy (non-hydrogen) atoms. The lowest BCUT2D eigenvalue weighted by molar-refractivity contribution is -0.112. The molecule has 0 aliphatic carbocycles. The molecule has 1 N–H and O–H groups in total. The van der Waals surface area contributed by atoms with Crippen molar-refractivity contribution in [1.29, 1.82) is 0 Å². The zero-order chi connectivity index (χ0) is 15.7. The van der Waals surface area contributed by atoms with Crippen LogP contribution in [-0.4, -0.2) is 47.6 Å². The molecular formula is C12H13N5O3S2. The van der Waals surface area contributed by atoms with Crippen LogP contribution in [0.5, 0.6) is 0 Å². The average Bonchev–Trinajstić information content (AvgIpc) is 2.93. The van der Waals surface area contributed by atoms with Gasteiger partial charge >= 0.3 is 0 Å². The van der Waals surface area contributed by atoms with Gasteiger partial charge in [-0.25, -0.2) is 8.42 Å². The molecule has 3 rings (SSSR count). The van der Waals surface area contributed by atoms with Crippen LogP contribution in [0.3, 0.4) is 0 Å². The summed E-state index contributed by atoms with van der Waals surface area (Å²) in [6, 6.07) is 0. The molecule has 116 valence electrons. The molecule has 1 aromatic rings. The number of fused-ring (bicyclic) bond motifs is 1. The molecule has 0 atom stereocenters. The van der Waals surface area contributed by atoms with Crippen LogP contribution in [0.1, 0.15) is 11.9 Å². The second-order valence-corrected chi connectivity index (χ2v) is 7.44. The van der Waals surface area contributed by atoms with E-state index in [9.17, 15) is 13.2 Å². The van der Waals surface area contributed by atoms with Crippen molar-refractivity contribution in [3.8, 4) is 0 Å². The van der Waals surface area contributed by atoms with Gasteiger partial charge in [0, 0.05) is 12.7 Å². The lowest BCUT2D eigenvalue weighted by Crippen LogP contribution is -2.40. The second kappa shape index (κ2) is 5.61. The number of anilines is 1. The monoisotopic (exact) mass is 339 g/mol. The highest BCUT2D eigenvalue weighted by Gasteiger charge is 2.30. The van der Waals surface area contributed by atoms with Gasteiger partial charge in [0.1, 0.15) is 5.01 Å². The number of hydrogen-bond donors (Lipinski definition) is 1. The molecule has 1 aromatic heterocycles. The highest BCUT2D eigenvalue weighted by Crippen LogP contribution is 2.21. The van der Waals surface area contributed by atoms with E-state index in [4.69, 9.17) is 0 Å². The van der Waals surface area contributed by atoms with Gasteiger partial charge < -0.3 is 4.90 Å². The zero-order valence-corrected chi connectivity index (χ0v) is 13.3. The molecular weight excluding hydrogens is 326 g/mol. The van der Waals surface area contributed by atoms with Crippen LogP contribution >= 0.6 is 11.3 Å². The first-order valence-electron chi connectivity index (χ1n) is 6.60. The Morgan fingerprint density at radius 1 is 1.45 bits per heavy atom. The fraction of sp³-hybridized carbons (Fsp3) is 0.333. The predicted molar refractivity (Wildman–Crippen MR) is 83.1 cm³/mol. The first kappa shape index (κ1) is 14.9. The number of amides is 1. The highest BCUT2D eigenvalue weighted by molar-refractivity contribution is 7.90. The number of aryl methyl sites for hydroxylation is 1. The molecule has 0 bridgehead atoms. The molecule has 8 nitrogen and oxygen atoms in total. The number of aromatic nitrogens is 2. The van der Waals surface area contributed by atoms with Crippen LogP contribution in [0.15, 0.2) is 28.3 Å². The minimum atomic E-state index is -3.53. The normalized spacial score (nSPS) is 19.2. The first-order chi connectivity index (χ1) is 10.5. The number of hydrogen-bond acceptors (Lipinski definition) is 7. The number of carbonyl (C=O) groups excluding carboxylic acids is 1. The van der Waals surface area contributed by atoms with Crippen molar-refractivity contribution in [2.75, 3.05) is 17.6 Å². The third-order valence-corrected chi connectivity index (χ3v) is 5.22. The standard InChI is InChI=1S/C12H13N5O3S2/c1-2-9-14-15-12(21-9)13-11(18)8-4-3-5-17-6-7-22(19,20)16-10(8)17/h3-5H,2,6-7H2,1H3,(H,13,15,18). The number of carbonyl (C=O) groups is 1. The van der Waals surface area contributed by atoms with E-state index in [2.05, 4.69) is 19.9 Å². The lowest BCUT2D eigenvalue weighted by Gasteiger charge is -2.28. The van der Waals surface area contributed by atoms with Crippen molar-refractivity contribution in [2.45, 2.75) is 13.3 Å². The molecule has 0 aromatic carbocycles. The van der Waals surface area contributed by atoms with Gasteiger partial charge in [0.15, 0.2) is 5.84 Å². The van der Waals surface area contributed by atoms with Gasteiger partial charge in [-0.2, -0.15) is 0 Å². The molecule has 1 amide bonds. The molecule has 3 heterocycles. The minimum absolute atomic E-state index is 0.0635. The topological polar surface area (TPSA) is 105 Å². The number of amidine groups is 1. The smallest absolute Gasteiger partial charge is 0.261 e. The summed E-state index contributed by atoms with van der Waals surface area (Å²) in [4.78, 5) is 14.0. The van der Waals surface area contributed by atoms with Gasteiger partial charge in [0.05, 0.1) is 11.3 Å². The molecule has 0 saturated carbocycles. The molecule has 0 unspecified atom stereocenters. The van der Waals surface area contributed by atoms with Crippen molar-refractivity contribution in [3.63, 3.8) is 0 Å². The summed E-state index contributed by atoms with van der Waals surface area (Å²) >= 11 is 1.28. The van der Waals surface area contributed by atoms with Gasteiger partial charge in [0.25, 0.3) is 15.9 Å². The second-order valence-electron chi connectivity index (χ2n) is 4.62. The fourth-order valence-corrected chi connectivity index (χ4v) is 3.66. The molecule has 0 spiro atoms. The Hall–Kier alpha value is -2.07. The van der Waals surface area contributed by atoms with Gasteiger partial charge in [-0.05, 0) is 18.6 Å². The van der Waals surface area contributed by atoms with E-state index < -0.39 is 15.9 Å². The summed E-state index contributed by atoms with van der Waals surface area (Å²) < 4.78 is 27.0. The third kappa shape index (κ3) is 2.92. The maximum Gasteiger partial charge on any atom is 0.261 e. The molecule has 2 aliphatic heterocycles. The maximum atomic E-state index is 12.4. The Balaban J connectivity index is 1.86. The summed E-state index contributed by atoms with van der Waals surface area (Å²) in [7, 11) is -3.53. The quantitative estimate of drug-likeness (QED) is 0.861. The van der Waals surface area contributed by atoms with E-state index in [-0.39, 0.29) is 23.7 Å². The van der Waals surface area contributed by atoms with Crippen LogP contribution in [0.4, 0.5) is 5.13 Å². The van der Waals surface area contributed by atoms with Crippen LogP contribution in [0, 0.1) is 0 Å². The summed E-state index contributed by atoms with van der Waals surface area (Å²) in [6.45, 7) is 2.22. The Bertz CT molecular complexity index is 806. The van der Waals surface area contributed by atoms with Crippen molar-refractivity contribution >= 4 is 38.2 Å². The Kier molecular flexibility index (Phi) is 3.79. The predicted octanol–water partition coefficient (Wildman–Crippen LogP) is 0.537. The van der Waals surface area contributed by atoms with E-state index in [1.165, 1.54) is 17.4 Å². The van der Waals surface area contributed by atoms with Crippen LogP contribution in [-0.2, 0) is 21.2 Å². The van der Waals surface area contributed by atoms with Crippen molar-refractivity contribution in [2.24, 2.45) is 4.40 Å². The Labute approximate surface area is 131 Å². The highest BCUT2D eigenvalue weighted by atomic mass is 32.2. The van der Waals surface area contributed by atoms with E-state index in [1.807, 2.05) is 6.92 Å². The van der Waals surface area contributed by atoms with E-state index >= 15 is 0 Å². The molecule has 0 saturated heterocycles. The molecule has 2 aliphatic rings. The summed E-state index contributed by atoms with van der Waals surface area (Å²) in [6.07, 6.45) is 5.65. The maximum absolute atomic E-state index is 12.4. The molecule has 10 heteroatoms. The van der Waals surface area contributed by atoms with E-state index in [1.54, 1.807) is 17.2 Å². The molecule has 0 fully saturated rings. The van der Waals surface area contributed by atoms with Gasteiger partial charge in [-0.1, -0.05) is 18.3 Å². The summed E-state index contributed by atoms with van der Waals surface area (Å²) in [5, 5.41) is 11.6. The number of rotatable bonds is 3. The zero-order valence-electron chi connectivity index (χ0n) is 11.7. The Morgan fingerprint density at radius 2 is 2.27 bits per heavy atom. The lowest BCUT2D eigenvalue weighted by atomic mass is 10.1. The summed E-state index contributed by atoms with van der Waals surface area (Å²) in [5.41, 5.74) is 0.194. The van der Waals surface area contributed by atoms with Crippen LogP contribution in [0.2, 0.25) is 0 Å². The van der Waals surface area contributed by atoms with Crippen molar-refractivity contribution < 1.29 is 13.2 Å². The first-order valence-corrected chi connectivity index (χ1v) is 9.03. The van der Waals surface area contributed by atoms with Crippen molar-refractivity contribution in [1.82, 2.24) is 15.1 Å². The van der Waals surface area contributed by atoms with Crippen LogP contribution in [0.25, 0.3) is 0 Å². The van der Waals surface area contributed by atoms with E-state index in [0.717, 1.165) is 11.4 Å². The average molecular weight is 339 g/mol. The fourth-order valence-electron chi connectivity index (χ4n) is 2.00. The number of allylic oxidation sites excluding steroid dienone is 2. The minimum Gasteiger partial charge on any atom is -0.331 e. The molecule has 0 radical (unpaired) electrons. The Morgan fingerprint density at radius 3 is 3.00 bits per heavy atom. The number of nitrogens with one attached hydrogen (secondary N) is 1. The van der Waals surface area contributed by atoms with Gasteiger partial charge in [-0.3, -0.25) is 10.1 Å². The van der Waals surface area contributed by atoms with Crippen molar-refractivity contribution in [3.05, 3.63) is 28.9 Å². The largest absolute Gasteiger partial charge is 0.331 e. The summed E-state index contributed by atoms with van der Waals surface area (Å²) in [5.74, 6) is -0.373. The SMILES string of the molecule is CCc1nnc(NC(=O)C2=CC=CN3CCS(=O)(=O)N=C23)s1. The number of nitrogens with zero attached hydrogens (tertiary/aromatic N) is 4.